The van der Waals surface area contributed by atoms with Gasteiger partial charge in [-0.05, 0) is 35.2 Å². The molecule has 5 rings (SSSR count). The fraction of sp³-hybridized carbons (Fsp3) is 0.208. The summed E-state index contributed by atoms with van der Waals surface area (Å²) in [5.41, 5.74) is 2.81. The summed E-state index contributed by atoms with van der Waals surface area (Å²) in [6.07, 6.45) is 0. The fourth-order valence-electron chi connectivity index (χ4n) is 4.13. The number of phenols is 1. The molecule has 1 unspecified atom stereocenters. The summed E-state index contributed by atoms with van der Waals surface area (Å²) in [7, 11) is 0. The minimum Gasteiger partial charge on any atom is -0.508 e. The molecule has 140 valence electrons. The number of aromatic hydroxyl groups is 1. The Morgan fingerprint density at radius 2 is 1.54 bits per heavy atom. The predicted molar refractivity (Wildman–Crippen MR) is 105 cm³/mol. The molecule has 0 fully saturated rings. The molecule has 3 aromatic rings. The first-order valence-electron chi connectivity index (χ1n) is 9.30. The van der Waals surface area contributed by atoms with Crippen molar-refractivity contribution in [2.24, 2.45) is 0 Å². The van der Waals surface area contributed by atoms with E-state index in [1.807, 2.05) is 30.3 Å². The molecule has 2 aliphatic heterocycles. The Kier molecular flexibility index (Phi) is 3.24. The molecule has 0 aliphatic carbocycles. The molecule has 3 aromatic carbocycles. The molecular formula is C24H20O4. The van der Waals surface area contributed by atoms with Gasteiger partial charge >= 0.3 is 5.97 Å². The first-order valence-corrected chi connectivity index (χ1v) is 9.30. The van der Waals surface area contributed by atoms with E-state index < -0.39 is 5.60 Å². The van der Waals surface area contributed by atoms with E-state index in [1.54, 1.807) is 24.3 Å². The van der Waals surface area contributed by atoms with Crippen LogP contribution in [0.15, 0.2) is 60.7 Å². The normalized spacial score (nSPS) is 19.5. The Bertz CT molecular complexity index is 1140. The van der Waals surface area contributed by atoms with Crippen LogP contribution >= 0.6 is 0 Å². The fourth-order valence-corrected chi connectivity index (χ4v) is 4.13. The van der Waals surface area contributed by atoms with E-state index in [4.69, 9.17) is 9.47 Å². The Hall–Kier alpha value is -3.27. The number of rotatable bonds is 0. The van der Waals surface area contributed by atoms with Gasteiger partial charge in [-0.25, -0.2) is 4.79 Å². The third kappa shape index (κ3) is 2.15. The maximum absolute atomic E-state index is 12.7. The standard InChI is InChI=1S/C24H20O4/c1-23(2,3)14-8-10-18-20(12-14)27-21-13-15(25)9-11-19(21)24(18)17-7-5-4-6-16(17)22(26)28-24/h4-13,25H,1-3H3. The minimum atomic E-state index is -1.08. The van der Waals surface area contributed by atoms with E-state index in [9.17, 15) is 9.90 Å². The summed E-state index contributed by atoms with van der Waals surface area (Å²) < 4.78 is 12.3. The maximum Gasteiger partial charge on any atom is 0.340 e. The summed E-state index contributed by atoms with van der Waals surface area (Å²) in [5, 5.41) is 10.0. The van der Waals surface area contributed by atoms with Crippen molar-refractivity contribution < 1.29 is 19.4 Å². The summed E-state index contributed by atoms with van der Waals surface area (Å²) in [6.45, 7) is 6.41. The second-order valence-corrected chi connectivity index (χ2v) is 8.36. The highest BCUT2D eigenvalue weighted by atomic mass is 16.6. The van der Waals surface area contributed by atoms with Crippen LogP contribution in [0.2, 0.25) is 0 Å². The molecule has 1 N–H and O–H groups in total. The van der Waals surface area contributed by atoms with E-state index in [1.165, 1.54) is 0 Å². The van der Waals surface area contributed by atoms with E-state index in [0.717, 1.165) is 16.7 Å². The Morgan fingerprint density at radius 1 is 0.857 bits per heavy atom. The van der Waals surface area contributed by atoms with Gasteiger partial charge in [-0.15, -0.1) is 0 Å². The van der Waals surface area contributed by atoms with Crippen LogP contribution in [0.1, 0.15) is 53.4 Å². The van der Waals surface area contributed by atoms with Crippen molar-refractivity contribution in [1.29, 1.82) is 0 Å². The van der Waals surface area contributed by atoms with Crippen LogP contribution < -0.4 is 4.74 Å². The van der Waals surface area contributed by atoms with E-state index >= 15 is 0 Å². The van der Waals surface area contributed by atoms with Gasteiger partial charge in [-0.3, -0.25) is 0 Å². The van der Waals surface area contributed by atoms with E-state index in [2.05, 4.69) is 26.8 Å². The van der Waals surface area contributed by atoms with Gasteiger partial charge < -0.3 is 14.6 Å². The van der Waals surface area contributed by atoms with Crippen molar-refractivity contribution >= 4 is 5.97 Å². The molecule has 2 aliphatic rings. The largest absolute Gasteiger partial charge is 0.508 e. The Balaban J connectivity index is 1.86. The van der Waals surface area contributed by atoms with Gasteiger partial charge in [-0.1, -0.05) is 51.1 Å². The van der Waals surface area contributed by atoms with Crippen LogP contribution in [0.3, 0.4) is 0 Å². The summed E-state index contributed by atoms with van der Waals surface area (Å²) in [4.78, 5) is 12.7. The molecule has 0 amide bonds. The van der Waals surface area contributed by atoms with Crippen LogP contribution in [0.25, 0.3) is 0 Å². The number of hydrogen-bond donors (Lipinski definition) is 1. The van der Waals surface area contributed by atoms with Crippen LogP contribution in [-0.4, -0.2) is 11.1 Å². The van der Waals surface area contributed by atoms with Gasteiger partial charge in [0, 0.05) is 22.8 Å². The van der Waals surface area contributed by atoms with Crippen LogP contribution in [0.5, 0.6) is 17.2 Å². The van der Waals surface area contributed by atoms with Gasteiger partial charge in [0.15, 0.2) is 5.60 Å². The molecule has 4 nitrogen and oxygen atoms in total. The molecule has 4 heteroatoms. The molecule has 1 atom stereocenters. The SMILES string of the molecule is CC(C)(C)c1ccc2c(c1)Oc1cc(O)ccc1C21OC(=O)c2ccccc21. The van der Waals surface area contributed by atoms with Crippen molar-refractivity contribution in [1.82, 2.24) is 0 Å². The highest BCUT2D eigenvalue weighted by Crippen LogP contribution is 2.56. The van der Waals surface area contributed by atoms with Gasteiger partial charge in [-0.2, -0.15) is 0 Å². The number of carbonyl (C=O) groups is 1. The van der Waals surface area contributed by atoms with Crippen molar-refractivity contribution in [3.05, 3.63) is 88.5 Å². The Morgan fingerprint density at radius 3 is 2.29 bits per heavy atom. The van der Waals surface area contributed by atoms with Crippen molar-refractivity contribution in [3.63, 3.8) is 0 Å². The number of hydrogen-bond acceptors (Lipinski definition) is 4. The van der Waals surface area contributed by atoms with Gasteiger partial charge in [0.2, 0.25) is 0 Å². The highest BCUT2D eigenvalue weighted by Gasteiger charge is 2.53. The zero-order chi connectivity index (χ0) is 19.7. The van der Waals surface area contributed by atoms with Crippen LogP contribution in [-0.2, 0) is 15.8 Å². The number of fused-ring (bicyclic) bond motifs is 6. The molecule has 0 bridgehead atoms. The van der Waals surface area contributed by atoms with E-state index in [0.29, 0.717) is 22.6 Å². The quantitative estimate of drug-likeness (QED) is 0.547. The van der Waals surface area contributed by atoms with Crippen LogP contribution in [0.4, 0.5) is 0 Å². The average Bonchev–Trinajstić information content (AvgIpc) is 2.94. The topological polar surface area (TPSA) is 55.8 Å². The summed E-state index contributed by atoms with van der Waals surface area (Å²) >= 11 is 0. The third-order valence-corrected chi connectivity index (χ3v) is 5.56. The second-order valence-electron chi connectivity index (χ2n) is 8.36. The maximum atomic E-state index is 12.7. The zero-order valence-electron chi connectivity index (χ0n) is 15.9. The van der Waals surface area contributed by atoms with Gasteiger partial charge in [0.1, 0.15) is 17.2 Å². The molecule has 0 aromatic heterocycles. The summed E-state index contributed by atoms with van der Waals surface area (Å²) in [6, 6.07) is 18.4. The molecule has 2 heterocycles. The lowest BCUT2D eigenvalue weighted by molar-refractivity contribution is 0.0224. The molecule has 0 saturated carbocycles. The van der Waals surface area contributed by atoms with Gasteiger partial charge in [0.25, 0.3) is 0 Å². The number of phenolic OH excluding ortho intramolecular Hbond substituents is 1. The predicted octanol–water partition coefficient (Wildman–Crippen LogP) is 5.26. The van der Waals surface area contributed by atoms with Gasteiger partial charge in [0.05, 0.1) is 5.56 Å². The number of esters is 1. The van der Waals surface area contributed by atoms with Crippen LogP contribution in [0, 0.1) is 0 Å². The Labute approximate surface area is 163 Å². The molecule has 0 radical (unpaired) electrons. The molecule has 28 heavy (non-hydrogen) atoms. The first-order chi connectivity index (χ1) is 13.3. The first kappa shape index (κ1) is 16.9. The second kappa shape index (κ2) is 5.38. The molecular weight excluding hydrogens is 352 g/mol. The number of ether oxygens (including phenoxy) is 2. The smallest absolute Gasteiger partial charge is 0.340 e. The lowest BCUT2D eigenvalue weighted by Gasteiger charge is -2.37. The van der Waals surface area contributed by atoms with Crippen molar-refractivity contribution in [3.8, 4) is 17.2 Å². The zero-order valence-corrected chi connectivity index (χ0v) is 15.9. The average molecular weight is 372 g/mol. The monoisotopic (exact) mass is 372 g/mol. The molecule has 1 spiro atoms. The third-order valence-electron chi connectivity index (χ3n) is 5.56. The number of carbonyl (C=O) groups excluding carboxylic acids is 1. The highest BCUT2D eigenvalue weighted by molar-refractivity contribution is 5.97. The lowest BCUT2D eigenvalue weighted by atomic mass is 9.76. The molecule has 0 saturated heterocycles. The van der Waals surface area contributed by atoms with E-state index in [-0.39, 0.29) is 17.1 Å². The summed E-state index contributed by atoms with van der Waals surface area (Å²) in [5.74, 6) is 0.863. The number of benzene rings is 3. The lowest BCUT2D eigenvalue weighted by Crippen LogP contribution is -2.33. The van der Waals surface area contributed by atoms with Crippen molar-refractivity contribution in [2.45, 2.75) is 31.8 Å². The van der Waals surface area contributed by atoms with Crippen molar-refractivity contribution in [2.75, 3.05) is 0 Å². The minimum absolute atomic E-state index is 0.0606.